The highest BCUT2D eigenvalue weighted by molar-refractivity contribution is 9.10. The molecule has 7 rings (SSSR count). The average molecular weight is 783 g/mol. The molecule has 1 aliphatic heterocycles. The Morgan fingerprint density at radius 1 is 0.367 bits per heavy atom. The maximum Gasteiger partial charge on any atom is 0.182 e. The van der Waals surface area contributed by atoms with E-state index in [4.69, 9.17) is 0 Å². The first-order valence-electron chi connectivity index (χ1n) is 16.5. The number of hydrogen-bond acceptors (Lipinski definition) is 2. The molecule has 0 aliphatic carbocycles. The maximum absolute atomic E-state index is 3.75. The van der Waals surface area contributed by atoms with E-state index in [-0.39, 0.29) is 0 Å². The first-order valence-corrected chi connectivity index (χ1v) is 20.1. The van der Waals surface area contributed by atoms with Crippen LogP contribution < -0.4 is 20.2 Å². The quantitative estimate of drug-likeness (QED) is 0.142. The van der Waals surface area contributed by atoms with Crippen LogP contribution in [0.25, 0.3) is 21.5 Å². The Bertz CT molecular complexity index is 1980. The van der Waals surface area contributed by atoms with Gasteiger partial charge in [-0.15, -0.1) is 0 Å². The summed E-state index contributed by atoms with van der Waals surface area (Å²) < 4.78 is 2.14. The van der Waals surface area contributed by atoms with Crippen LogP contribution in [0.5, 0.6) is 0 Å². The smallest absolute Gasteiger partial charge is 0.182 e. The molecule has 0 atom stereocenters. The van der Waals surface area contributed by atoms with Crippen LogP contribution >= 0.6 is 31.9 Å². The Labute approximate surface area is 308 Å². The first-order chi connectivity index (χ1) is 23.8. The minimum Gasteiger partial charge on any atom is -0.378 e. The van der Waals surface area contributed by atoms with Gasteiger partial charge in [0.2, 0.25) is 0 Å². The molecule has 49 heavy (non-hydrogen) atoms. The van der Waals surface area contributed by atoms with Crippen molar-refractivity contribution >= 4 is 83.2 Å². The summed E-state index contributed by atoms with van der Waals surface area (Å²) in [4.78, 5) is 4.36. The standard InChI is InChI=1S/C44H38Br2N2Si/c1-47(2)37-23-27-39(28-24-37)49(40-29-25-38(26-30-40)48(3)4)43(33-15-19-35(45)20-16-33)41(31-11-7-5-8-12-31)42(32-13-9-6-10-14-32)44(49)34-17-21-36(46)22-18-34/h5-30H,1-4H3. The summed E-state index contributed by atoms with van der Waals surface area (Å²) in [5.74, 6) is 0. The molecule has 0 aromatic heterocycles. The van der Waals surface area contributed by atoms with Gasteiger partial charge in [-0.25, -0.2) is 0 Å². The van der Waals surface area contributed by atoms with Crippen LogP contribution in [-0.4, -0.2) is 36.3 Å². The normalized spacial score (nSPS) is 13.9. The lowest BCUT2D eigenvalue weighted by molar-refractivity contribution is 1.13. The molecule has 0 spiro atoms. The lowest BCUT2D eigenvalue weighted by Crippen LogP contribution is -2.59. The van der Waals surface area contributed by atoms with Crippen molar-refractivity contribution in [1.82, 2.24) is 0 Å². The van der Waals surface area contributed by atoms with Crippen molar-refractivity contribution in [3.8, 4) is 0 Å². The summed E-state index contributed by atoms with van der Waals surface area (Å²) in [6.45, 7) is 0. The average Bonchev–Trinajstić information content (AvgIpc) is 3.46. The molecule has 0 bridgehead atoms. The van der Waals surface area contributed by atoms with E-state index >= 15 is 0 Å². The third kappa shape index (κ3) is 6.05. The Morgan fingerprint density at radius 2 is 0.694 bits per heavy atom. The van der Waals surface area contributed by atoms with Gasteiger partial charge < -0.3 is 9.80 Å². The van der Waals surface area contributed by atoms with Crippen LogP contribution in [0.3, 0.4) is 0 Å². The van der Waals surface area contributed by atoms with Crippen molar-refractivity contribution in [3.63, 3.8) is 0 Å². The summed E-state index contributed by atoms with van der Waals surface area (Å²) in [6, 6.07) is 58.8. The van der Waals surface area contributed by atoms with E-state index < -0.39 is 8.07 Å². The van der Waals surface area contributed by atoms with E-state index in [1.807, 2.05) is 0 Å². The first kappa shape index (κ1) is 33.1. The van der Waals surface area contributed by atoms with E-state index in [2.05, 4.69) is 228 Å². The molecule has 2 nitrogen and oxygen atoms in total. The number of rotatable bonds is 8. The van der Waals surface area contributed by atoms with Gasteiger partial charge in [0.1, 0.15) is 0 Å². The molecule has 242 valence electrons. The molecular formula is C44H38Br2N2Si. The molecular weight excluding hydrogens is 744 g/mol. The monoisotopic (exact) mass is 780 g/mol. The highest BCUT2D eigenvalue weighted by Crippen LogP contribution is 2.55. The van der Waals surface area contributed by atoms with E-state index in [9.17, 15) is 0 Å². The Balaban J connectivity index is 1.75. The second kappa shape index (κ2) is 13.8. The molecule has 0 amide bonds. The van der Waals surface area contributed by atoms with Gasteiger partial charge >= 0.3 is 0 Å². The molecule has 5 heteroatoms. The van der Waals surface area contributed by atoms with Crippen LogP contribution in [0.4, 0.5) is 11.4 Å². The molecule has 6 aromatic carbocycles. The Hall–Kier alpha value is -4.42. The molecule has 0 saturated heterocycles. The SMILES string of the molecule is CN(C)c1ccc([Si]2(c3ccc(N(C)C)cc3)C(c3ccc(Br)cc3)=C(c3ccccc3)C(c3ccccc3)=C2c2ccc(Br)cc2)cc1. The van der Waals surface area contributed by atoms with Crippen molar-refractivity contribution in [2.75, 3.05) is 38.0 Å². The van der Waals surface area contributed by atoms with Gasteiger partial charge in [0.25, 0.3) is 0 Å². The molecule has 1 aliphatic rings. The number of allylic oxidation sites excluding steroid dienone is 2. The van der Waals surface area contributed by atoms with Crippen LogP contribution in [0.1, 0.15) is 22.3 Å². The lowest BCUT2D eigenvalue weighted by Gasteiger charge is -2.36. The van der Waals surface area contributed by atoms with Crippen molar-refractivity contribution in [1.29, 1.82) is 0 Å². The molecule has 0 unspecified atom stereocenters. The van der Waals surface area contributed by atoms with E-state index in [1.54, 1.807) is 0 Å². The van der Waals surface area contributed by atoms with E-state index in [0.29, 0.717) is 0 Å². The van der Waals surface area contributed by atoms with Gasteiger partial charge in [0.05, 0.1) is 0 Å². The molecule has 0 radical (unpaired) electrons. The summed E-state index contributed by atoms with van der Waals surface area (Å²) in [5, 5.41) is 5.51. The zero-order valence-corrected chi connectivity index (χ0v) is 32.3. The van der Waals surface area contributed by atoms with Crippen LogP contribution in [0.15, 0.2) is 167 Å². The third-order valence-electron chi connectivity index (χ3n) is 9.52. The van der Waals surface area contributed by atoms with Gasteiger partial charge in [0.15, 0.2) is 8.07 Å². The number of benzene rings is 6. The molecule has 0 saturated carbocycles. The zero-order valence-electron chi connectivity index (χ0n) is 28.2. The van der Waals surface area contributed by atoms with Crippen molar-refractivity contribution in [2.24, 2.45) is 0 Å². The number of halogens is 2. The fraction of sp³-hybridized carbons (Fsp3) is 0.0909. The van der Waals surface area contributed by atoms with E-state index in [1.165, 1.54) is 65.5 Å². The predicted molar refractivity (Wildman–Crippen MR) is 221 cm³/mol. The van der Waals surface area contributed by atoms with E-state index in [0.717, 1.165) is 8.95 Å². The minimum absolute atomic E-state index is 1.07. The van der Waals surface area contributed by atoms with Crippen molar-refractivity contribution in [3.05, 3.63) is 189 Å². The van der Waals surface area contributed by atoms with Gasteiger partial charge in [0, 0.05) is 48.5 Å². The van der Waals surface area contributed by atoms with Crippen LogP contribution in [0, 0.1) is 0 Å². The summed E-state index contributed by atoms with van der Waals surface area (Å²) in [7, 11) is 5.37. The molecule has 1 heterocycles. The Morgan fingerprint density at radius 3 is 1.00 bits per heavy atom. The fourth-order valence-corrected chi connectivity index (χ4v) is 13.3. The molecule has 0 N–H and O–H groups in total. The highest BCUT2D eigenvalue weighted by Gasteiger charge is 2.53. The summed E-state index contributed by atoms with van der Waals surface area (Å²) >= 11 is 7.50. The predicted octanol–water partition coefficient (Wildman–Crippen LogP) is 10.2. The summed E-state index contributed by atoms with van der Waals surface area (Å²) in [5.41, 5.74) is 9.88. The minimum atomic E-state index is -3.08. The fourth-order valence-electron chi connectivity index (χ4n) is 7.25. The Kier molecular flexibility index (Phi) is 9.34. The van der Waals surface area contributed by atoms with Crippen molar-refractivity contribution in [2.45, 2.75) is 0 Å². The maximum atomic E-state index is 3.75. The van der Waals surface area contributed by atoms with Gasteiger partial charge in [-0.2, -0.15) is 0 Å². The van der Waals surface area contributed by atoms with Crippen LogP contribution in [-0.2, 0) is 0 Å². The van der Waals surface area contributed by atoms with Gasteiger partial charge in [-0.1, -0.05) is 141 Å². The lowest BCUT2D eigenvalue weighted by atomic mass is 9.89. The van der Waals surface area contributed by atoms with Crippen molar-refractivity contribution < 1.29 is 0 Å². The number of hydrogen-bond donors (Lipinski definition) is 0. The zero-order chi connectivity index (χ0) is 34.1. The van der Waals surface area contributed by atoms with Gasteiger partial charge in [-0.3, -0.25) is 0 Å². The topological polar surface area (TPSA) is 6.48 Å². The second-order valence-corrected chi connectivity index (χ2v) is 18.4. The number of nitrogens with zero attached hydrogens (tertiary/aromatic N) is 2. The molecule has 0 fully saturated rings. The third-order valence-corrected chi connectivity index (χ3v) is 15.6. The number of anilines is 2. The van der Waals surface area contributed by atoms with Crippen LogP contribution in [0.2, 0.25) is 0 Å². The summed E-state index contributed by atoms with van der Waals surface area (Å²) in [6.07, 6.45) is 0. The van der Waals surface area contributed by atoms with Gasteiger partial charge in [-0.05, 0) is 103 Å². The highest BCUT2D eigenvalue weighted by atomic mass is 79.9. The molecule has 6 aromatic rings. The largest absolute Gasteiger partial charge is 0.378 e. The second-order valence-electron chi connectivity index (χ2n) is 12.9.